The Morgan fingerprint density at radius 1 is 1.32 bits per heavy atom. The normalized spacial score (nSPS) is 9.95. The Bertz CT molecular complexity index is 533. The summed E-state index contributed by atoms with van der Waals surface area (Å²) in [5, 5.41) is 0. The molecule has 0 spiro atoms. The number of hydrogen-bond donors (Lipinski definition) is 0. The Labute approximate surface area is 140 Å². The molecular formula is C17H22BrNO3. The summed E-state index contributed by atoms with van der Waals surface area (Å²) >= 11 is 3.45. The summed E-state index contributed by atoms with van der Waals surface area (Å²) in [7, 11) is 1.56. The second-order valence-corrected chi connectivity index (χ2v) is 5.48. The van der Waals surface area contributed by atoms with E-state index in [9.17, 15) is 4.79 Å². The van der Waals surface area contributed by atoms with Gasteiger partial charge < -0.3 is 14.4 Å². The molecule has 0 atom stereocenters. The van der Waals surface area contributed by atoms with Crippen molar-refractivity contribution in [3.8, 4) is 11.5 Å². The summed E-state index contributed by atoms with van der Waals surface area (Å²) in [5.74, 6) is 1.03. The smallest absolute Gasteiger partial charge is 0.254 e. The number of rotatable bonds is 9. The number of benzene rings is 1. The van der Waals surface area contributed by atoms with Crippen LogP contribution >= 0.6 is 15.9 Å². The van der Waals surface area contributed by atoms with Crippen LogP contribution < -0.4 is 9.47 Å². The Kier molecular flexibility index (Phi) is 7.74. The molecule has 0 saturated heterocycles. The van der Waals surface area contributed by atoms with E-state index < -0.39 is 0 Å². The van der Waals surface area contributed by atoms with Gasteiger partial charge in [-0.3, -0.25) is 4.79 Å². The van der Waals surface area contributed by atoms with Gasteiger partial charge in [-0.1, -0.05) is 19.1 Å². The van der Waals surface area contributed by atoms with E-state index in [1.807, 2.05) is 6.92 Å². The summed E-state index contributed by atoms with van der Waals surface area (Å²) in [6, 6.07) is 3.44. The monoisotopic (exact) mass is 367 g/mol. The highest BCUT2D eigenvalue weighted by Gasteiger charge is 2.19. The van der Waals surface area contributed by atoms with Crippen molar-refractivity contribution in [1.82, 2.24) is 4.90 Å². The fourth-order valence-corrected chi connectivity index (χ4v) is 2.48. The minimum atomic E-state index is -0.110. The zero-order chi connectivity index (χ0) is 16.5. The van der Waals surface area contributed by atoms with E-state index in [2.05, 4.69) is 29.1 Å². The van der Waals surface area contributed by atoms with Crippen LogP contribution in [0.1, 0.15) is 23.7 Å². The molecule has 5 heteroatoms. The molecule has 1 aromatic carbocycles. The number of halogens is 1. The van der Waals surface area contributed by atoms with Gasteiger partial charge in [-0.05, 0) is 34.5 Å². The highest BCUT2D eigenvalue weighted by atomic mass is 79.9. The van der Waals surface area contributed by atoms with E-state index in [0.717, 1.165) is 6.42 Å². The van der Waals surface area contributed by atoms with Crippen LogP contribution in [0.5, 0.6) is 11.5 Å². The van der Waals surface area contributed by atoms with Crippen LogP contribution in [0.15, 0.2) is 41.9 Å². The van der Waals surface area contributed by atoms with Crippen LogP contribution in [0.2, 0.25) is 0 Å². The van der Waals surface area contributed by atoms with Crippen LogP contribution in [0.25, 0.3) is 0 Å². The van der Waals surface area contributed by atoms with E-state index in [0.29, 0.717) is 41.2 Å². The molecule has 0 bridgehead atoms. The molecule has 0 aliphatic rings. The molecular weight excluding hydrogens is 346 g/mol. The Morgan fingerprint density at radius 3 is 2.45 bits per heavy atom. The molecule has 22 heavy (non-hydrogen) atoms. The largest absolute Gasteiger partial charge is 0.493 e. The second kappa shape index (κ2) is 9.30. The van der Waals surface area contributed by atoms with Gasteiger partial charge in [-0.15, -0.1) is 13.2 Å². The fourth-order valence-electron chi connectivity index (χ4n) is 1.92. The van der Waals surface area contributed by atoms with E-state index in [4.69, 9.17) is 9.47 Å². The Morgan fingerprint density at radius 2 is 1.95 bits per heavy atom. The van der Waals surface area contributed by atoms with Gasteiger partial charge in [0.25, 0.3) is 5.91 Å². The molecule has 0 unspecified atom stereocenters. The molecule has 4 nitrogen and oxygen atoms in total. The fraction of sp³-hybridized carbons (Fsp3) is 0.353. The molecule has 0 fully saturated rings. The van der Waals surface area contributed by atoms with Crippen molar-refractivity contribution in [3.05, 3.63) is 47.5 Å². The third-order valence-corrected chi connectivity index (χ3v) is 3.50. The van der Waals surface area contributed by atoms with Crippen molar-refractivity contribution in [2.45, 2.75) is 13.3 Å². The average molecular weight is 368 g/mol. The van der Waals surface area contributed by atoms with E-state index >= 15 is 0 Å². The Balaban J connectivity index is 3.14. The highest BCUT2D eigenvalue weighted by molar-refractivity contribution is 9.10. The third-order valence-electron chi connectivity index (χ3n) is 2.91. The van der Waals surface area contributed by atoms with Gasteiger partial charge in [0.2, 0.25) is 0 Å². The molecule has 1 amide bonds. The molecule has 0 saturated carbocycles. The first-order valence-electron chi connectivity index (χ1n) is 7.10. The minimum absolute atomic E-state index is 0.110. The van der Waals surface area contributed by atoms with Crippen molar-refractivity contribution in [2.24, 2.45) is 0 Å². The van der Waals surface area contributed by atoms with Gasteiger partial charge >= 0.3 is 0 Å². The van der Waals surface area contributed by atoms with Gasteiger partial charge in [0.05, 0.1) is 18.2 Å². The number of ether oxygens (including phenoxy) is 2. The molecule has 0 aliphatic heterocycles. The second-order valence-electron chi connectivity index (χ2n) is 4.63. The zero-order valence-corrected chi connectivity index (χ0v) is 14.7. The van der Waals surface area contributed by atoms with Crippen LogP contribution in [0.3, 0.4) is 0 Å². The first-order valence-corrected chi connectivity index (χ1v) is 7.89. The van der Waals surface area contributed by atoms with E-state index in [-0.39, 0.29) is 5.91 Å². The SMILES string of the molecule is C=CCN(CC=C)C(=O)c1cc(Br)c(OCCC)c(OC)c1. The zero-order valence-electron chi connectivity index (χ0n) is 13.1. The summed E-state index contributed by atoms with van der Waals surface area (Å²) in [6.45, 7) is 10.9. The predicted molar refractivity (Wildman–Crippen MR) is 92.8 cm³/mol. The van der Waals surface area contributed by atoms with Crippen molar-refractivity contribution in [3.63, 3.8) is 0 Å². The summed E-state index contributed by atoms with van der Waals surface area (Å²) < 4.78 is 11.7. The summed E-state index contributed by atoms with van der Waals surface area (Å²) in [4.78, 5) is 14.2. The van der Waals surface area contributed by atoms with E-state index in [1.54, 1.807) is 36.3 Å². The first-order chi connectivity index (χ1) is 10.6. The molecule has 0 N–H and O–H groups in total. The lowest BCUT2D eigenvalue weighted by Gasteiger charge is -2.20. The first kappa shape index (κ1) is 18.3. The lowest BCUT2D eigenvalue weighted by molar-refractivity contribution is 0.0790. The maximum absolute atomic E-state index is 12.6. The third kappa shape index (κ3) is 4.63. The molecule has 0 aromatic heterocycles. The van der Waals surface area contributed by atoms with Crippen LogP contribution in [0.4, 0.5) is 0 Å². The topological polar surface area (TPSA) is 38.8 Å². The quantitative estimate of drug-likeness (QED) is 0.617. The standard InChI is InChI=1S/C17H22BrNO3/c1-5-8-19(9-6-2)17(20)13-11-14(18)16(22-10-7-3)15(12-13)21-4/h5-6,11-12H,1-2,7-10H2,3-4H3. The summed E-state index contributed by atoms with van der Waals surface area (Å²) in [5.41, 5.74) is 0.524. The molecule has 0 radical (unpaired) electrons. The lowest BCUT2D eigenvalue weighted by Crippen LogP contribution is -2.31. The van der Waals surface area contributed by atoms with E-state index in [1.165, 1.54) is 0 Å². The van der Waals surface area contributed by atoms with Crippen LogP contribution in [-0.2, 0) is 0 Å². The Hall–Kier alpha value is -1.75. The number of carbonyl (C=O) groups is 1. The van der Waals surface area contributed by atoms with Gasteiger partial charge in [-0.25, -0.2) is 0 Å². The minimum Gasteiger partial charge on any atom is -0.493 e. The number of nitrogens with zero attached hydrogens (tertiary/aromatic N) is 1. The number of carbonyl (C=O) groups excluding carboxylic acids is 1. The van der Waals surface area contributed by atoms with Crippen molar-refractivity contribution in [2.75, 3.05) is 26.8 Å². The van der Waals surface area contributed by atoms with Crippen LogP contribution in [0, 0.1) is 0 Å². The number of hydrogen-bond acceptors (Lipinski definition) is 3. The predicted octanol–water partition coefficient (Wildman–Crippen LogP) is 4.06. The van der Waals surface area contributed by atoms with Gasteiger partial charge in [0.1, 0.15) is 0 Å². The molecule has 0 aliphatic carbocycles. The summed E-state index contributed by atoms with van der Waals surface area (Å²) in [6.07, 6.45) is 4.27. The molecule has 1 aromatic rings. The maximum Gasteiger partial charge on any atom is 0.254 e. The van der Waals surface area contributed by atoms with Gasteiger partial charge in [-0.2, -0.15) is 0 Å². The van der Waals surface area contributed by atoms with Crippen molar-refractivity contribution < 1.29 is 14.3 Å². The maximum atomic E-state index is 12.6. The number of methoxy groups -OCH3 is 1. The average Bonchev–Trinajstić information content (AvgIpc) is 2.52. The van der Waals surface area contributed by atoms with Gasteiger partial charge in [0, 0.05) is 18.7 Å². The molecule has 120 valence electrons. The van der Waals surface area contributed by atoms with Crippen molar-refractivity contribution >= 4 is 21.8 Å². The van der Waals surface area contributed by atoms with Gasteiger partial charge in [0.15, 0.2) is 11.5 Å². The van der Waals surface area contributed by atoms with Crippen molar-refractivity contribution in [1.29, 1.82) is 0 Å². The highest BCUT2D eigenvalue weighted by Crippen LogP contribution is 2.37. The lowest BCUT2D eigenvalue weighted by atomic mass is 10.1. The van der Waals surface area contributed by atoms with Crippen LogP contribution in [-0.4, -0.2) is 37.6 Å². The number of amides is 1. The molecule has 0 heterocycles. The molecule has 1 rings (SSSR count).